The van der Waals surface area contributed by atoms with E-state index in [-0.39, 0.29) is 39.2 Å². The quantitative estimate of drug-likeness (QED) is 0.379. The van der Waals surface area contributed by atoms with E-state index in [2.05, 4.69) is 15.4 Å². The van der Waals surface area contributed by atoms with Gasteiger partial charge in [0.15, 0.2) is 0 Å². The Bertz CT molecular complexity index is 1560. The number of carbonyl (C=O) groups is 2. The molecule has 0 spiro atoms. The summed E-state index contributed by atoms with van der Waals surface area (Å²) in [5.41, 5.74) is -2.46. The molecule has 0 aromatic heterocycles. The fourth-order valence-corrected chi connectivity index (χ4v) is 4.63. The number of nitrogens with one attached hydrogen (secondary N) is 3. The second kappa shape index (κ2) is 9.30. The molecule has 4 rings (SSSR count). The molecule has 0 aliphatic carbocycles. The summed E-state index contributed by atoms with van der Waals surface area (Å²) in [6, 6.07) is 5.74. The van der Waals surface area contributed by atoms with E-state index in [0.717, 1.165) is 24.5 Å². The van der Waals surface area contributed by atoms with Gasteiger partial charge in [-0.2, -0.15) is 13.2 Å². The number of halogens is 6. The fraction of sp³-hybridized carbons (Fsp3) is 0.130. The summed E-state index contributed by atoms with van der Waals surface area (Å²) in [6.07, 6.45) is -4.10. The highest BCUT2D eigenvalue weighted by molar-refractivity contribution is 7.92. The van der Waals surface area contributed by atoms with Crippen LogP contribution in [-0.4, -0.2) is 26.5 Å². The van der Waals surface area contributed by atoms with Crippen LogP contribution in [0.25, 0.3) is 0 Å². The van der Waals surface area contributed by atoms with Crippen LogP contribution in [-0.2, 0) is 16.2 Å². The molecule has 194 valence electrons. The van der Waals surface area contributed by atoms with Crippen molar-refractivity contribution in [3.63, 3.8) is 0 Å². The van der Waals surface area contributed by atoms with Gasteiger partial charge in [-0.25, -0.2) is 17.2 Å². The predicted molar refractivity (Wildman–Crippen MR) is 125 cm³/mol. The van der Waals surface area contributed by atoms with E-state index in [0.29, 0.717) is 12.1 Å². The molecule has 7 nitrogen and oxygen atoms in total. The third-order valence-corrected chi connectivity index (χ3v) is 6.25. The van der Waals surface area contributed by atoms with E-state index in [4.69, 9.17) is 11.6 Å². The number of sulfonamides is 1. The summed E-state index contributed by atoms with van der Waals surface area (Å²) in [5.74, 6) is -3.92. The molecule has 1 aliphatic heterocycles. The Labute approximate surface area is 211 Å². The highest BCUT2D eigenvalue weighted by atomic mass is 35.5. The van der Waals surface area contributed by atoms with Gasteiger partial charge in [0.25, 0.3) is 11.8 Å². The molecular weight excluding hydrogens is 545 g/mol. The third kappa shape index (κ3) is 5.67. The lowest BCUT2D eigenvalue weighted by atomic mass is 9.95. The van der Waals surface area contributed by atoms with Gasteiger partial charge in [-0.05, 0) is 48.5 Å². The van der Waals surface area contributed by atoms with Crippen LogP contribution in [0.2, 0.25) is 5.02 Å². The van der Waals surface area contributed by atoms with E-state index in [1.807, 2.05) is 0 Å². The SMILES string of the molecule is CS(=O)(=O)Nc1cc(NC(=O)c2cc(F)cc(C(F)(F)F)c2)c2c(c1)C(=O)NC2c1cc(F)ccc1Cl. The van der Waals surface area contributed by atoms with Crippen molar-refractivity contribution >= 4 is 44.8 Å². The normalized spacial score (nSPS) is 15.2. The Hall–Kier alpha value is -3.71. The highest BCUT2D eigenvalue weighted by Gasteiger charge is 2.36. The van der Waals surface area contributed by atoms with Gasteiger partial charge in [0.1, 0.15) is 11.6 Å². The average Bonchev–Trinajstić information content (AvgIpc) is 3.09. The molecule has 1 unspecified atom stereocenters. The van der Waals surface area contributed by atoms with E-state index in [9.17, 15) is 40.0 Å². The van der Waals surface area contributed by atoms with Crippen molar-refractivity contribution in [2.45, 2.75) is 12.2 Å². The van der Waals surface area contributed by atoms with Crippen LogP contribution in [0.15, 0.2) is 48.5 Å². The summed E-state index contributed by atoms with van der Waals surface area (Å²) < 4.78 is 92.9. The van der Waals surface area contributed by atoms with Gasteiger partial charge >= 0.3 is 6.18 Å². The molecule has 14 heteroatoms. The summed E-state index contributed by atoms with van der Waals surface area (Å²) in [5, 5.41) is 4.92. The maximum absolute atomic E-state index is 14.0. The minimum absolute atomic E-state index is 0.0392. The molecule has 3 aromatic rings. The third-order valence-electron chi connectivity index (χ3n) is 5.30. The lowest BCUT2D eigenvalue weighted by Crippen LogP contribution is -2.21. The van der Waals surface area contributed by atoms with Crippen molar-refractivity contribution in [1.82, 2.24) is 5.32 Å². The van der Waals surface area contributed by atoms with Crippen molar-refractivity contribution in [3.8, 4) is 0 Å². The molecule has 1 heterocycles. The first kappa shape index (κ1) is 26.4. The molecule has 3 aromatic carbocycles. The summed E-state index contributed by atoms with van der Waals surface area (Å²) in [6.45, 7) is 0. The summed E-state index contributed by atoms with van der Waals surface area (Å²) >= 11 is 6.20. The molecule has 2 amide bonds. The number of anilines is 2. The van der Waals surface area contributed by atoms with Gasteiger partial charge in [-0.1, -0.05) is 11.6 Å². The molecule has 0 fully saturated rings. The van der Waals surface area contributed by atoms with Crippen LogP contribution in [0.5, 0.6) is 0 Å². The van der Waals surface area contributed by atoms with Crippen molar-refractivity contribution in [1.29, 1.82) is 0 Å². The number of rotatable bonds is 5. The number of fused-ring (bicyclic) bond motifs is 1. The standard InChI is InChI=1S/C23H15ClF5N3O4S/c1-37(35,36)32-14-8-16-19(20(31-22(16)34)15-7-12(25)2-3-17(15)24)18(9-14)30-21(33)10-4-11(23(27,28)29)6-13(26)5-10/h2-9,20,32H,1H3,(H,30,33)(H,31,34). The maximum atomic E-state index is 14.0. The number of amides is 2. The monoisotopic (exact) mass is 559 g/mol. The van der Waals surface area contributed by atoms with Gasteiger partial charge in [0.2, 0.25) is 10.0 Å². The first-order chi connectivity index (χ1) is 17.1. The van der Waals surface area contributed by atoms with Crippen LogP contribution < -0.4 is 15.4 Å². The van der Waals surface area contributed by atoms with E-state index in [1.54, 1.807) is 0 Å². The number of benzene rings is 3. The number of alkyl halides is 3. The minimum atomic E-state index is -4.94. The van der Waals surface area contributed by atoms with Gasteiger partial charge in [-0.15, -0.1) is 0 Å². The minimum Gasteiger partial charge on any atom is -0.341 e. The Balaban J connectivity index is 1.86. The van der Waals surface area contributed by atoms with Crippen molar-refractivity contribution in [3.05, 3.63) is 93.0 Å². The molecular formula is C23H15ClF5N3O4S. The van der Waals surface area contributed by atoms with Gasteiger partial charge in [-0.3, -0.25) is 14.3 Å². The van der Waals surface area contributed by atoms with Crippen LogP contribution in [0.3, 0.4) is 0 Å². The molecule has 1 aliphatic rings. The largest absolute Gasteiger partial charge is 0.416 e. The second-order valence-electron chi connectivity index (χ2n) is 8.11. The Morgan fingerprint density at radius 2 is 1.73 bits per heavy atom. The van der Waals surface area contributed by atoms with Crippen LogP contribution >= 0.6 is 11.6 Å². The fourth-order valence-electron chi connectivity index (χ4n) is 3.86. The zero-order valence-electron chi connectivity index (χ0n) is 18.5. The Morgan fingerprint density at radius 3 is 2.38 bits per heavy atom. The van der Waals surface area contributed by atoms with Gasteiger partial charge < -0.3 is 10.6 Å². The predicted octanol–water partition coefficient (Wildman–Crippen LogP) is 5.09. The van der Waals surface area contributed by atoms with E-state index >= 15 is 0 Å². The number of carbonyl (C=O) groups excluding carboxylic acids is 2. The van der Waals surface area contributed by atoms with Crippen molar-refractivity contribution in [2.75, 3.05) is 16.3 Å². The maximum Gasteiger partial charge on any atom is 0.416 e. The summed E-state index contributed by atoms with van der Waals surface area (Å²) in [4.78, 5) is 25.7. The first-order valence-corrected chi connectivity index (χ1v) is 12.5. The number of hydrogen-bond donors (Lipinski definition) is 3. The van der Waals surface area contributed by atoms with Crippen LogP contribution in [0, 0.1) is 11.6 Å². The zero-order chi connectivity index (χ0) is 27.3. The molecule has 0 bridgehead atoms. The highest BCUT2D eigenvalue weighted by Crippen LogP contribution is 2.41. The van der Waals surface area contributed by atoms with Crippen LogP contribution in [0.4, 0.5) is 33.3 Å². The van der Waals surface area contributed by atoms with Crippen molar-refractivity contribution in [2.24, 2.45) is 0 Å². The molecule has 0 saturated carbocycles. The number of hydrogen-bond acceptors (Lipinski definition) is 4. The van der Waals surface area contributed by atoms with Crippen LogP contribution in [0.1, 0.15) is 43.4 Å². The smallest absolute Gasteiger partial charge is 0.341 e. The first-order valence-electron chi connectivity index (χ1n) is 10.2. The Kier molecular flexibility index (Phi) is 6.63. The lowest BCUT2D eigenvalue weighted by molar-refractivity contribution is -0.137. The average molecular weight is 560 g/mol. The van der Waals surface area contributed by atoms with E-state index in [1.165, 1.54) is 12.1 Å². The molecule has 0 saturated heterocycles. The topological polar surface area (TPSA) is 104 Å². The second-order valence-corrected chi connectivity index (χ2v) is 10.3. The molecule has 37 heavy (non-hydrogen) atoms. The molecule has 1 atom stereocenters. The summed E-state index contributed by atoms with van der Waals surface area (Å²) in [7, 11) is -3.85. The van der Waals surface area contributed by atoms with Crippen molar-refractivity contribution < 1.29 is 40.0 Å². The van der Waals surface area contributed by atoms with Gasteiger partial charge in [0, 0.05) is 33.0 Å². The zero-order valence-corrected chi connectivity index (χ0v) is 20.1. The van der Waals surface area contributed by atoms with Gasteiger partial charge in [0.05, 0.1) is 23.5 Å². The Morgan fingerprint density at radius 1 is 1.03 bits per heavy atom. The van der Waals surface area contributed by atoms with E-state index < -0.39 is 56.8 Å². The molecule has 0 radical (unpaired) electrons. The molecule has 3 N–H and O–H groups in total. The lowest BCUT2D eigenvalue weighted by Gasteiger charge is -2.19.